The fourth-order valence-corrected chi connectivity index (χ4v) is 3.00. The first kappa shape index (κ1) is 15.5. The summed E-state index contributed by atoms with van der Waals surface area (Å²) in [5.74, 6) is -0.822. The molecule has 0 aliphatic carbocycles. The summed E-state index contributed by atoms with van der Waals surface area (Å²) in [6.07, 6.45) is 0.319. The number of halogens is 1. The van der Waals surface area contributed by atoms with E-state index in [1.54, 1.807) is 12.1 Å². The first-order chi connectivity index (χ1) is 11.0. The van der Waals surface area contributed by atoms with Gasteiger partial charge in [-0.1, -0.05) is 12.1 Å². The molecule has 3 amide bonds. The van der Waals surface area contributed by atoms with Crippen molar-refractivity contribution < 1.29 is 18.8 Å². The summed E-state index contributed by atoms with van der Waals surface area (Å²) in [6.45, 7) is 1.38. The van der Waals surface area contributed by atoms with E-state index >= 15 is 0 Å². The third-order valence-electron chi connectivity index (χ3n) is 4.27. The van der Waals surface area contributed by atoms with Gasteiger partial charge in [0.05, 0.1) is 13.1 Å². The number of rotatable bonds is 3. The Labute approximate surface area is 133 Å². The van der Waals surface area contributed by atoms with Crippen molar-refractivity contribution in [2.24, 2.45) is 0 Å². The van der Waals surface area contributed by atoms with Gasteiger partial charge < -0.3 is 15.1 Å². The van der Waals surface area contributed by atoms with Crippen LogP contribution >= 0.6 is 0 Å². The number of piperazine rings is 1. The largest absolute Gasteiger partial charge is 0.353 e. The van der Waals surface area contributed by atoms with Gasteiger partial charge in [-0.15, -0.1) is 0 Å². The third-order valence-corrected chi connectivity index (χ3v) is 4.27. The predicted molar refractivity (Wildman–Crippen MR) is 79.9 cm³/mol. The Hall–Kier alpha value is -2.44. The maximum absolute atomic E-state index is 13.0. The molecule has 2 aliphatic rings. The lowest BCUT2D eigenvalue weighted by atomic mass is 9.98. The fraction of sp³-hybridized carbons (Fsp3) is 0.438. The van der Waals surface area contributed by atoms with Gasteiger partial charge >= 0.3 is 0 Å². The van der Waals surface area contributed by atoms with Crippen molar-refractivity contribution in [3.8, 4) is 0 Å². The zero-order valence-corrected chi connectivity index (χ0v) is 12.6. The Morgan fingerprint density at radius 2 is 2.00 bits per heavy atom. The van der Waals surface area contributed by atoms with Crippen molar-refractivity contribution in [3.63, 3.8) is 0 Å². The van der Waals surface area contributed by atoms with E-state index in [0.717, 1.165) is 5.56 Å². The van der Waals surface area contributed by atoms with E-state index in [1.165, 1.54) is 21.9 Å². The van der Waals surface area contributed by atoms with E-state index in [-0.39, 0.29) is 42.5 Å². The normalized spacial score (nSPS) is 21.5. The molecule has 2 aliphatic heterocycles. The van der Waals surface area contributed by atoms with Crippen LogP contribution in [0.4, 0.5) is 4.39 Å². The lowest BCUT2D eigenvalue weighted by molar-refractivity contribution is -0.141. The molecule has 0 spiro atoms. The van der Waals surface area contributed by atoms with Crippen LogP contribution in [-0.4, -0.2) is 60.2 Å². The summed E-state index contributed by atoms with van der Waals surface area (Å²) in [7, 11) is 0. The monoisotopic (exact) mass is 319 g/mol. The van der Waals surface area contributed by atoms with Crippen LogP contribution in [0.25, 0.3) is 0 Å². The third kappa shape index (κ3) is 3.49. The highest BCUT2D eigenvalue weighted by molar-refractivity contribution is 5.90. The first-order valence-electron chi connectivity index (χ1n) is 7.60. The van der Waals surface area contributed by atoms with Crippen LogP contribution in [0, 0.1) is 5.82 Å². The molecular formula is C16H18FN3O3. The minimum atomic E-state index is -0.312. The zero-order valence-electron chi connectivity index (χ0n) is 12.6. The molecule has 6 nitrogen and oxygen atoms in total. The Kier molecular flexibility index (Phi) is 4.27. The Balaban J connectivity index is 1.60. The number of nitrogens with zero attached hydrogens (tertiary/aromatic N) is 2. The number of benzene rings is 1. The van der Waals surface area contributed by atoms with Crippen molar-refractivity contribution in [2.45, 2.75) is 12.3 Å². The van der Waals surface area contributed by atoms with Crippen LogP contribution in [0.5, 0.6) is 0 Å². The molecule has 0 bridgehead atoms. The number of carbonyl (C=O) groups is 3. The second-order valence-electron chi connectivity index (χ2n) is 5.89. The molecule has 1 aromatic carbocycles. The smallest absolute Gasteiger partial charge is 0.242 e. The molecule has 23 heavy (non-hydrogen) atoms. The topological polar surface area (TPSA) is 69.7 Å². The number of nitrogens with one attached hydrogen (secondary N) is 1. The van der Waals surface area contributed by atoms with Crippen LogP contribution in [0.3, 0.4) is 0 Å². The molecule has 3 rings (SSSR count). The predicted octanol–water partition coefficient (Wildman–Crippen LogP) is 0.100. The summed E-state index contributed by atoms with van der Waals surface area (Å²) in [5.41, 5.74) is 0.895. The second-order valence-corrected chi connectivity index (χ2v) is 5.89. The van der Waals surface area contributed by atoms with Crippen molar-refractivity contribution in [1.82, 2.24) is 15.1 Å². The molecule has 0 radical (unpaired) electrons. The van der Waals surface area contributed by atoms with Gasteiger partial charge in [0.25, 0.3) is 0 Å². The van der Waals surface area contributed by atoms with E-state index in [0.29, 0.717) is 26.1 Å². The second kappa shape index (κ2) is 6.36. The Morgan fingerprint density at radius 3 is 2.70 bits per heavy atom. The van der Waals surface area contributed by atoms with Crippen molar-refractivity contribution >= 4 is 17.7 Å². The van der Waals surface area contributed by atoms with Crippen LogP contribution in [0.1, 0.15) is 17.9 Å². The quantitative estimate of drug-likeness (QED) is 0.859. The molecule has 2 heterocycles. The lowest BCUT2D eigenvalue weighted by Crippen LogP contribution is -2.52. The first-order valence-corrected chi connectivity index (χ1v) is 7.60. The van der Waals surface area contributed by atoms with Gasteiger partial charge in [0.2, 0.25) is 17.7 Å². The maximum Gasteiger partial charge on any atom is 0.242 e. The van der Waals surface area contributed by atoms with Crippen LogP contribution in [0.15, 0.2) is 24.3 Å². The fourth-order valence-electron chi connectivity index (χ4n) is 3.00. The number of amides is 3. The van der Waals surface area contributed by atoms with E-state index in [2.05, 4.69) is 5.32 Å². The van der Waals surface area contributed by atoms with Gasteiger partial charge in [0.1, 0.15) is 5.82 Å². The minimum absolute atomic E-state index is 0.0101. The zero-order chi connectivity index (χ0) is 16.4. The molecule has 0 saturated carbocycles. The SMILES string of the molecule is O=C1CN(C(=O)CN2CC(c3ccc(F)cc3)CC2=O)CCN1. The molecule has 1 N–H and O–H groups in total. The van der Waals surface area contributed by atoms with Gasteiger partial charge in [-0.2, -0.15) is 0 Å². The Morgan fingerprint density at radius 1 is 1.26 bits per heavy atom. The van der Waals surface area contributed by atoms with Gasteiger partial charge in [-0.25, -0.2) is 4.39 Å². The standard InChI is InChI=1S/C16H18FN3O3/c17-13-3-1-11(2-4-13)12-7-15(22)20(8-12)10-16(23)19-6-5-18-14(21)9-19/h1-4,12H,5-10H2,(H,18,21). The average Bonchev–Trinajstić information content (AvgIpc) is 2.89. The lowest BCUT2D eigenvalue weighted by Gasteiger charge is -2.28. The molecule has 2 saturated heterocycles. The molecule has 2 fully saturated rings. The highest BCUT2D eigenvalue weighted by Gasteiger charge is 2.33. The van der Waals surface area contributed by atoms with E-state index < -0.39 is 0 Å². The number of hydrogen-bond donors (Lipinski definition) is 1. The summed E-state index contributed by atoms with van der Waals surface area (Å²) in [5, 5.41) is 2.66. The number of likely N-dealkylation sites (tertiary alicyclic amines) is 1. The average molecular weight is 319 g/mol. The van der Waals surface area contributed by atoms with Crippen molar-refractivity contribution in [2.75, 3.05) is 32.7 Å². The van der Waals surface area contributed by atoms with E-state index in [4.69, 9.17) is 0 Å². The van der Waals surface area contributed by atoms with Gasteiger partial charge in [0.15, 0.2) is 0 Å². The van der Waals surface area contributed by atoms with Gasteiger partial charge in [-0.05, 0) is 17.7 Å². The molecule has 1 atom stereocenters. The van der Waals surface area contributed by atoms with Gasteiger partial charge in [-0.3, -0.25) is 14.4 Å². The van der Waals surface area contributed by atoms with Crippen molar-refractivity contribution in [3.05, 3.63) is 35.6 Å². The molecule has 0 aromatic heterocycles. The van der Waals surface area contributed by atoms with E-state index in [9.17, 15) is 18.8 Å². The van der Waals surface area contributed by atoms with Crippen LogP contribution in [-0.2, 0) is 14.4 Å². The number of carbonyl (C=O) groups excluding carboxylic acids is 3. The van der Waals surface area contributed by atoms with Crippen molar-refractivity contribution in [1.29, 1.82) is 0 Å². The van der Waals surface area contributed by atoms with Crippen LogP contribution < -0.4 is 5.32 Å². The molecule has 1 unspecified atom stereocenters. The van der Waals surface area contributed by atoms with Gasteiger partial charge in [0, 0.05) is 32.0 Å². The Bertz CT molecular complexity index is 632. The molecular weight excluding hydrogens is 301 g/mol. The highest BCUT2D eigenvalue weighted by atomic mass is 19.1. The minimum Gasteiger partial charge on any atom is -0.353 e. The summed E-state index contributed by atoms with van der Waals surface area (Å²) in [4.78, 5) is 38.7. The number of hydrogen-bond acceptors (Lipinski definition) is 3. The highest BCUT2D eigenvalue weighted by Crippen LogP contribution is 2.28. The maximum atomic E-state index is 13.0. The summed E-state index contributed by atoms with van der Waals surface area (Å²) >= 11 is 0. The van der Waals surface area contributed by atoms with E-state index in [1.807, 2.05) is 0 Å². The summed E-state index contributed by atoms with van der Waals surface area (Å²) < 4.78 is 13.0. The van der Waals surface area contributed by atoms with Crippen LogP contribution in [0.2, 0.25) is 0 Å². The molecule has 1 aromatic rings. The summed E-state index contributed by atoms with van der Waals surface area (Å²) in [6, 6.07) is 6.10. The molecule has 7 heteroatoms. The molecule has 122 valence electrons.